The molecule has 1 amide bonds. The van der Waals surface area contributed by atoms with E-state index in [4.69, 9.17) is 9.47 Å². The lowest BCUT2D eigenvalue weighted by Crippen LogP contribution is -2.27. The van der Waals surface area contributed by atoms with E-state index in [2.05, 4.69) is 10.3 Å². The second-order valence-electron chi connectivity index (χ2n) is 5.57. The van der Waals surface area contributed by atoms with Gasteiger partial charge in [-0.05, 0) is 31.2 Å². The predicted octanol–water partition coefficient (Wildman–Crippen LogP) is 3.68. The van der Waals surface area contributed by atoms with Gasteiger partial charge in [-0.15, -0.1) is 0 Å². The number of carbonyl (C=O) groups excluding carboxylic acids is 1. The zero-order chi connectivity index (χ0) is 17.1. The van der Waals surface area contributed by atoms with Gasteiger partial charge in [-0.1, -0.05) is 18.2 Å². The Morgan fingerprint density at radius 3 is 2.58 bits per heavy atom. The summed E-state index contributed by atoms with van der Waals surface area (Å²) in [4.78, 5) is 15.6. The summed E-state index contributed by atoms with van der Waals surface area (Å²) in [6, 6.07) is 15.0. The molecule has 5 heteroatoms. The summed E-state index contributed by atoms with van der Waals surface area (Å²) >= 11 is 0. The first-order valence-electron chi connectivity index (χ1n) is 7.73. The van der Waals surface area contributed by atoms with E-state index in [0.717, 1.165) is 16.5 Å². The molecule has 0 radical (unpaired) electrons. The van der Waals surface area contributed by atoms with Crippen LogP contribution in [0.15, 0.2) is 48.5 Å². The SMILES string of the molecule is COc1ccc(C(C)NC(=O)c2cc3ccccc3[nH]2)c(OC)c1. The fourth-order valence-electron chi connectivity index (χ4n) is 2.72. The molecule has 1 unspecified atom stereocenters. The second-order valence-corrected chi connectivity index (χ2v) is 5.57. The second kappa shape index (κ2) is 6.66. The van der Waals surface area contributed by atoms with Gasteiger partial charge in [0.1, 0.15) is 17.2 Å². The molecular weight excluding hydrogens is 304 g/mol. The van der Waals surface area contributed by atoms with E-state index in [9.17, 15) is 4.79 Å². The molecule has 0 fully saturated rings. The fourth-order valence-corrected chi connectivity index (χ4v) is 2.72. The number of ether oxygens (including phenoxy) is 2. The van der Waals surface area contributed by atoms with E-state index < -0.39 is 0 Å². The van der Waals surface area contributed by atoms with Crippen LogP contribution in [-0.4, -0.2) is 25.1 Å². The highest BCUT2D eigenvalue weighted by Gasteiger charge is 2.17. The number of para-hydroxylation sites is 1. The number of rotatable bonds is 5. The molecule has 3 rings (SSSR count). The van der Waals surface area contributed by atoms with Gasteiger partial charge in [0.25, 0.3) is 5.91 Å². The Hall–Kier alpha value is -2.95. The van der Waals surface area contributed by atoms with Crippen molar-refractivity contribution in [3.05, 3.63) is 59.8 Å². The molecule has 0 aliphatic rings. The lowest BCUT2D eigenvalue weighted by molar-refractivity contribution is 0.0935. The van der Waals surface area contributed by atoms with Crippen LogP contribution in [0.2, 0.25) is 0 Å². The van der Waals surface area contributed by atoms with Crippen molar-refractivity contribution in [1.29, 1.82) is 0 Å². The maximum absolute atomic E-state index is 12.5. The zero-order valence-electron chi connectivity index (χ0n) is 13.9. The smallest absolute Gasteiger partial charge is 0.268 e. The maximum atomic E-state index is 12.5. The number of aromatic amines is 1. The highest BCUT2D eigenvalue weighted by atomic mass is 16.5. The molecule has 2 aromatic carbocycles. The van der Waals surface area contributed by atoms with Crippen LogP contribution in [0.3, 0.4) is 0 Å². The minimum atomic E-state index is -0.204. The summed E-state index contributed by atoms with van der Waals surface area (Å²) < 4.78 is 10.6. The first-order chi connectivity index (χ1) is 11.6. The Morgan fingerprint density at radius 1 is 1.08 bits per heavy atom. The maximum Gasteiger partial charge on any atom is 0.268 e. The zero-order valence-corrected chi connectivity index (χ0v) is 13.9. The number of aromatic nitrogens is 1. The van der Waals surface area contributed by atoms with Gasteiger partial charge in [0.2, 0.25) is 0 Å². The Labute approximate surface area is 140 Å². The van der Waals surface area contributed by atoms with Crippen LogP contribution in [0.25, 0.3) is 10.9 Å². The molecule has 24 heavy (non-hydrogen) atoms. The van der Waals surface area contributed by atoms with E-state index >= 15 is 0 Å². The summed E-state index contributed by atoms with van der Waals surface area (Å²) in [6.07, 6.45) is 0. The van der Waals surface area contributed by atoms with Crippen LogP contribution in [0.1, 0.15) is 29.0 Å². The highest BCUT2D eigenvalue weighted by molar-refractivity contribution is 5.98. The third-order valence-corrected chi connectivity index (χ3v) is 4.03. The lowest BCUT2D eigenvalue weighted by Gasteiger charge is -2.17. The van der Waals surface area contributed by atoms with Gasteiger partial charge in [0.15, 0.2) is 0 Å². The third kappa shape index (κ3) is 3.06. The average Bonchev–Trinajstić information content (AvgIpc) is 3.05. The van der Waals surface area contributed by atoms with Gasteiger partial charge in [-0.3, -0.25) is 4.79 Å². The number of H-pyrrole nitrogens is 1. The van der Waals surface area contributed by atoms with E-state index in [-0.39, 0.29) is 11.9 Å². The van der Waals surface area contributed by atoms with Crippen LogP contribution < -0.4 is 14.8 Å². The number of benzene rings is 2. The van der Waals surface area contributed by atoms with Crippen molar-refractivity contribution in [1.82, 2.24) is 10.3 Å². The van der Waals surface area contributed by atoms with E-state index in [1.54, 1.807) is 20.3 Å². The number of methoxy groups -OCH3 is 2. The van der Waals surface area contributed by atoms with Gasteiger partial charge < -0.3 is 19.8 Å². The normalized spacial score (nSPS) is 12.0. The Kier molecular flexibility index (Phi) is 4.42. The molecule has 0 saturated carbocycles. The monoisotopic (exact) mass is 324 g/mol. The number of hydrogen-bond donors (Lipinski definition) is 2. The van der Waals surface area contributed by atoms with Crippen LogP contribution in [0.4, 0.5) is 0 Å². The number of carbonyl (C=O) groups is 1. The Bertz CT molecular complexity index is 837. The largest absolute Gasteiger partial charge is 0.497 e. The minimum absolute atomic E-state index is 0.156. The quantitative estimate of drug-likeness (QED) is 0.752. The van der Waals surface area contributed by atoms with Crippen molar-refractivity contribution in [2.45, 2.75) is 13.0 Å². The lowest BCUT2D eigenvalue weighted by atomic mass is 10.1. The first kappa shape index (κ1) is 15.9. The van der Waals surface area contributed by atoms with E-state index in [1.165, 1.54) is 0 Å². The minimum Gasteiger partial charge on any atom is -0.497 e. The van der Waals surface area contributed by atoms with Crippen molar-refractivity contribution in [2.75, 3.05) is 14.2 Å². The van der Waals surface area contributed by atoms with Crippen LogP contribution in [0.5, 0.6) is 11.5 Å². The summed E-state index contributed by atoms with van der Waals surface area (Å²) in [5.74, 6) is 1.24. The molecule has 5 nitrogen and oxygen atoms in total. The summed E-state index contributed by atoms with van der Waals surface area (Å²) in [6.45, 7) is 1.92. The number of fused-ring (bicyclic) bond motifs is 1. The summed E-state index contributed by atoms with van der Waals surface area (Å²) in [5.41, 5.74) is 2.37. The molecule has 0 saturated heterocycles. The first-order valence-corrected chi connectivity index (χ1v) is 7.73. The summed E-state index contributed by atoms with van der Waals surface area (Å²) in [7, 11) is 3.21. The van der Waals surface area contributed by atoms with E-state index in [0.29, 0.717) is 17.2 Å². The van der Waals surface area contributed by atoms with Crippen LogP contribution in [0, 0.1) is 0 Å². The van der Waals surface area contributed by atoms with Crippen molar-refractivity contribution in [3.8, 4) is 11.5 Å². The van der Waals surface area contributed by atoms with Gasteiger partial charge in [0.05, 0.1) is 20.3 Å². The molecule has 0 bridgehead atoms. The van der Waals surface area contributed by atoms with E-state index in [1.807, 2.05) is 49.4 Å². The van der Waals surface area contributed by atoms with Gasteiger partial charge in [-0.2, -0.15) is 0 Å². The third-order valence-electron chi connectivity index (χ3n) is 4.03. The topological polar surface area (TPSA) is 63.3 Å². The van der Waals surface area contributed by atoms with Crippen molar-refractivity contribution >= 4 is 16.8 Å². The fraction of sp³-hybridized carbons (Fsp3) is 0.211. The standard InChI is InChI=1S/C19H20N2O3/c1-12(15-9-8-14(23-2)11-18(15)24-3)20-19(22)17-10-13-6-4-5-7-16(13)21-17/h4-12,21H,1-3H3,(H,20,22). The molecule has 124 valence electrons. The molecule has 1 heterocycles. The number of nitrogens with one attached hydrogen (secondary N) is 2. The van der Waals surface area contributed by atoms with Crippen LogP contribution in [-0.2, 0) is 0 Å². The molecule has 3 aromatic rings. The van der Waals surface area contributed by atoms with Crippen molar-refractivity contribution in [2.24, 2.45) is 0 Å². The molecule has 0 aliphatic heterocycles. The highest BCUT2D eigenvalue weighted by Crippen LogP contribution is 2.29. The molecule has 0 aliphatic carbocycles. The van der Waals surface area contributed by atoms with Crippen molar-refractivity contribution < 1.29 is 14.3 Å². The average molecular weight is 324 g/mol. The van der Waals surface area contributed by atoms with Gasteiger partial charge in [0, 0.05) is 22.5 Å². The van der Waals surface area contributed by atoms with Crippen LogP contribution >= 0.6 is 0 Å². The molecular formula is C19H20N2O3. The molecule has 0 spiro atoms. The number of amides is 1. The predicted molar refractivity (Wildman–Crippen MR) is 93.7 cm³/mol. The molecule has 1 aromatic heterocycles. The molecule has 1 atom stereocenters. The van der Waals surface area contributed by atoms with Gasteiger partial charge >= 0.3 is 0 Å². The molecule has 2 N–H and O–H groups in total. The van der Waals surface area contributed by atoms with Gasteiger partial charge in [-0.25, -0.2) is 0 Å². The van der Waals surface area contributed by atoms with Crippen molar-refractivity contribution in [3.63, 3.8) is 0 Å². The number of hydrogen-bond acceptors (Lipinski definition) is 3. The Morgan fingerprint density at radius 2 is 1.88 bits per heavy atom. The Balaban J connectivity index is 1.81. The summed E-state index contributed by atoms with van der Waals surface area (Å²) in [5, 5.41) is 4.01.